The van der Waals surface area contributed by atoms with Crippen LogP contribution in [0.5, 0.6) is 5.75 Å². The van der Waals surface area contributed by atoms with Crippen LogP contribution in [0.2, 0.25) is 0 Å². The van der Waals surface area contributed by atoms with Gasteiger partial charge in [0, 0.05) is 6.08 Å². The zero-order valence-electron chi connectivity index (χ0n) is 16.2. The molecule has 0 saturated heterocycles. The summed E-state index contributed by atoms with van der Waals surface area (Å²) in [6.45, 7) is 2.06. The van der Waals surface area contributed by atoms with E-state index in [1.807, 2.05) is 12.1 Å². The Labute approximate surface area is 169 Å². The van der Waals surface area contributed by atoms with Crippen LogP contribution in [-0.4, -0.2) is 12.8 Å². The van der Waals surface area contributed by atoms with Gasteiger partial charge in [0.25, 0.3) is 0 Å². The van der Waals surface area contributed by atoms with Crippen LogP contribution in [0.15, 0.2) is 84.9 Å². The summed E-state index contributed by atoms with van der Waals surface area (Å²) in [5.74, 6) is 0.532. The summed E-state index contributed by atoms with van der Waals surface area (Å²) in [5.41, 5.74) is 5.79. The number of allylic oxidation sites excluding steroid dienone is 1. The highest BCUT2D eigenvalue weighted by Crippen LogP contribution is 2.27. The van der Waals surface area contributed by atoms with Crippen LogP contribution in [0.4, 0.5) is 13.2 Å². The first-order valence-electron chi connectivity index (χ1n) is 9.61. The lowest BCUT2D eigenvalue weighted by atomic mass is 9.99. The van der Waals surface area contributed by atoms with Crippen molar-refractivity contribution in [1.82, 2.24) is 0 Å². The maximum absolute atomic E-state index is 12.1. The van der Waals surface area contributed by atoms with Gasteiger partial charge in [-0.15, -0.1) is 0 Å². The van der Waals surface area contributed by atoms with Crippen molar-refractivity contribution in [3.05, 3.63) is 90.5 Å². The minimum Gasteiger partial charge on any atom is -0.490 e. The SMILES string of the molecule is CCCc1ccc(-c2ccc(-c3ccc(OCC=CC(F)(F)F)cc3)cc2)cc1. The Balaban J connectivity index is 1.63. The maximum atomic E-state index is 12.1. The average molecular weight is 396 g/mol. The number of halogens is 3. The molecule has 0 N–H and O–H groups in total. The Morgan fingerprint density at radius 2 is 1.17 bits per heavy atom. The number of alkyl halides is 3. The number of rotatable bonds is 7. The van der Waals surface area contributed by atoms with Gasteiger partial charge in [-0.1, -0.05) is 74.0 Å². The molecule has 29 heavy (non-hydrogen) atoms. The van der Waals surface area contributed by atoms with Gasteiger partial charge in [0.05, 0.1) is 0 Å². The van der Waals surface area contributed by atoms with Gasteiger partial charge in [-0.05, 0) is 52.4 Å². The molecule has 0 radical (unpaired) electrons. The van der Waals surface area contributed by atoms with Crippen molar-refractivity contribution in [1.29, 1.82) is 0 Å². The van der Waals surface area contributed by atoms with Crippen LogP contribution in [0.25, 0.3) is 22.3 Å². The molecule has 1 nitrogen and oxygen atoms in total. The summed E-state index contributed by atoms with van der Waals surface area (Å²) in [6.07, 6.45) is -0.932. The Bertz CT molecular complexity index is 922. The second kappa shape index (κ2) is 9.46. The molecule has 0 saturated carbocycles. The highest BCUT2D eigenvalue weighted by Gasteiger charge is 2.21. The molecular formula is C25H23F3O. The van der Waals surface area contributed by atoms with E-state index >= 15 is 0 Å². The molecule has 0 amide bonds. The second-order valence-corrected chi connectivity index (χ2v) is 6.80. The predicted molar refractivity (Wildman–Crippen MR) is 112 cm³/mol. The minimum atomic E-state index is -4.31. The molecule has 0 bridgehead atoms. The van der Waals surface area contributed by atoms with Gasteiger partial charge in [-0.3, -0.25) is 0 Å². The molecule has 4 heteroatoms. The lowest BCUT2D eigenvalue weighted by molar-refractivity contribution is -0.0801. The second-order valence-electron chi connectivity index (χ2n) is 6.80. The van der Waals surface area contributed by atoms with Crippen molar-refractivity contribution in [3.8, 4) is 28.0 Å². The van der Waals surface area contributed by atoms with E-state index < -0.39 is 6.18 Å². The summed E-state index contributed by atoms with van der Waals surface area (Å²) in [7, 11) is 0. The number of benzene rings is 3. The molecular weight excluding hydrogens is 373 g/mol. The molecule has 0 aromatic heterocycles. The summed E-state index contributed by atoms with van der Waals surface area (Å²) in [5, 5.41) is 0. The average Bonchev–Trinajstić information content (AvgIpc) is 2.72. The van der Waals surface area contributed by atoms with E-state index in [-0.39, 0.29) is 12.7 Å². The van der Waals surface area contributed by atoms with Crippen molar-refractivity contribution in [2.75, 3.05) is 6.61 Å². The minimum absolute atomic E-state index is 0.120. The summed E-state index contributed by atoms with van der Waals surface area (Å²) in [4.78, 5) is 0. The molecule has 0 spiro atoms. The standard InChI is InChI=1S/C25H23F3O/c1-2-4-19-5-7-20(8-6-19)21-9-11-22(12-10-21)23-13-15-24(16-14-23)29-18-3-17-25(26,27)28/h3,5-17H,2,4,18H2,1H3. The summed E-state index contributed by atoms with van der Waals surface area (Å²) in [6, 6.07) is 24.3. The quantitative estimate of drug-likeness (QED) is 0.376. The van der Waals surface area contributed by atoms with Crippen LogP contribution in [0.1, 0.15) is 18.9 Å². The van der Waals surface area contributed by atoms with Gasteiger partial charge >= 0.3 is 6.18 Å². The van der Waals surface area contributed by atoms with Crippen LogP contribution >= 0.6 is 0 Å². The van der Waals surface area contributed by atoms with E-state index in [2.05, 4.69) is 55.5 Å². The molecule has 3 aromatic rings. The lowest BCUT2D eigenvalue weighted by Crippen LogP contribution is -2.02. The van der Waals surface area contributed by atoms with E-state index in [1.54, 1.807) is 12.1 Å². The van der Waals surface area contributed by atoms with Crippen LogP contribution < -0.4 is 4.74 Å². The fourth-order valence-corrected chi connectivity index (χ4v) is 3.08. The van der Waals surface area contributed by atoms with Gasteiger partial charge in [0.1, 0.15) is 12.4 Å². The van der Waals surface area contributed by atoms with Crippen LogP contribution in [-0.2, 0) is 6.42 Å². The number of ether oxygens (including phenoxy) is 1. The van der Waals surface area contributed by atoms with Crippen molar-refractivity contribution in [3.63, 3.8) is 0 Å². The van der Waals surface area contributed by atoms with Crippen molar-refractivity contribution in [2.24, 2.45) is 0 Å². The van der Waals surface area contributed by atoms with Crippen molar-refractivity contribution < 1.29 is 17.9 Å². The summed E-state index contributed by atoms with van der Waals surface area (Å²) >= 11 is 0. The Hall–Kier alpha value is -3.01. The maximum Gasteiger partial charge on any atom is 0.409 e. The van der Waals surface area contributed by atoms with Gasteiger partial charge in [0.2, 0.25) is 0 Å². The third kappa shape index (κ3) is 6.24. The van der Waals surface area contributed by atoms with E-state index in [0.29, 0.717) is 5.75 Å². The Morgan fingerprint density at radius 1 is 0.724 bits per heavy atom. The molecule has 0 aliphatic rings. The third-order valence-corrected chi connectivity index (χ3v) is 4.55. The molecule has 0 aliphatic heterocycles. The number of aryl methyl sites for hydroxylation is 1. The summed E-state index contributed by atoms with van der Waals surface area (Å²) < 4.78 is 41.5. The Kier molecular flexibility index (Phi) is 6.76. The first kappa shape index (κ1) is 20.7. The van der Waals surface area contributed by atoms with Crippen molar-refractivity contribution >= 4 is 0 Å². The van der Waals surface area contributed by atoms with Gasteiger partial charge in [-0.2, -0.15) is 13.2 Å². The van der Waals surface area contributed by atoms with E-state index in [0.717, 1.165) is 35.6 Å². The molecule has 0 unspecified atom stereocenters. The van der Waals surface area contributed by atoms with E-state index in [9.17, 15) is 13.2 Å². The fourth-order valence-electron chi connectivity index (χ4n) is 3.08. The van der Waals surface area contributed by atoms with Gasteiger partial charge in [0.15, 0.2) is 0 Å². The molecule has 0 heterocycles. The largest absolute Gasteiger partial charge is 0.490 e. The first-order valence-corrected chi connectivity index (χ1v) is 9.61. The molecule has 150 valence electrons. The molecule has 0 aliphatic carbocycles. The van der Waals surface area contributed by atoms with Gasteiger partial charge < -0.3 is 4.74 Å². The van der Waals surface area contributed by atoms with Crippen LogP contribution in [0.3, 0.4) is 0 Å². The third-order valence-electron chi connectivity index (χ3n) is 4.55. The molecule has 3 rings (SSSR count). The monoisotopic (exact) mass is 396 g/mol. The smallest absolute Gasteiger partial charge is 0.409 e. The molecule has 0 fully saturated rings. The van der Waals surface area contributed by atoms with Crippen LogP contribution in [0, 0.1) is 0 Å². The normalized spacial score (nSPS) is 11.7. The van der Waals surface area contributed by atoms with Crippen molar-refractivity contribution in [2.45, 2.75) is 25.9 Å². The molecule has 3 aromatic carbocycles. The topological polar surface area (TPSA) is 9.23 Å². The first-order chi connectivity index (χ1) is 13.9. The number of hydrogen-bond acceptors (Lipinski definition) is 1. The fraction of sp³-hybridized carbons (Fsp3) is 0.200. The Morgan fingerprint density at radius 3 is 1.62 bits per heavy atom. The lowest BCUT2D eigenvalue weighted by Gasteiger charge is -2.08. The highest BCUT2D eigenvalue weighted by molar-refractivity contribution is 5.70. The zero-order valence-corrected chi connectivity index (χ0v) is 16.2. The molecule has 0 atom stereocenters. The zero-order chi connectivity index (χ0) is 20.7. The highest BCUT2D eigenvalue weighted by atomic mass is 19.4. The van der Waals surface area contributed by atoms with E-state index in [4.69, 9.17) is 4.74 Å². The van der Waals surface area contributed by atoms with E-state index in [1.165, 1.54) is 11.1 Å². The van der Waals surface area contributed by atoms with Gasteiger partial charge in [-0.25, -0.2) is 0 Å². The number of hydrogen-bond donors (Lipinski definition) is 0. The predicted octanol–water partition coefficient (Wildman–Crippen LogP) is 7.47.